The molecule has 8 heteroatoms. The fourth-order valence-corrected chi connectivity index (χ4v) is 2.09. The van der Waals surface area contributed by atoms with Crippen LogP contribution in [0.4, 0.5) is 0 Å². The molecule has 0 aliphatic rings. The van der Waals surface area contributed by atoms with Crippen molar-refractivity contribution < 1.29 is 8.42 Å². The predicted octanol–water partition coefficient (Wildman–Crippen LogP) is 0.691. The number of benzene rings is 1. The van der Waals surface area contributed by atoms with Crippen LogP contribution >= 0.6 is 24.0 Å². The van der Waals surface area contributed by atoms with Gasteiger partial charge in [0.05, 0.1) is 6.26 Å². The van der Waals surface area contributed by atoms with E-state index in [0.717, 1.165) is 19.2 Å². The molecule has 0 saturated carbocycles. The monoisotopic (exact) mass is 426 g/mol. The van der Waals surface area contributed by atoms with Crippen molar-refractivity contribution in [2.45, 2.75) is 12.8 Å². The first-order valence-electron chi connectivity index (χ1n) is 6.50. The molecule has 1 rings (SSSR count). The zero-order valence-electron chi connectivity index (χ0n) is 12.1. The number of rotatable bonds is 8. The van der Waals surface area contributed by atoms with Gasteiger partial charge in [-0.25, -0.2) is 13.1 Å². The maximum Gasteiger partial charge on any atom is 0.208 e. The summed E-state index contributed by atoms with van der Waals surface area (Å²) in [5.41, 5.74) is 6.95. The Kier molecular flexibility index (Phi) is 10.4. The number of hydrogen-bond acceptors (Lipinski definition) is 3. The number of halogens is 1. The van der Waals surface area contributed by atoms with Crippen molar-refractivity contribution in [3.05, 3.63) is 35.9 Å². The van der Waals surface area contributed by atoms with Crippen molar-refractivity contribution in [2.75, 3.05) is 25.9 Å². The molecule has 4 N–H and O–H groups in total. The largest absolute Gasteiger partial charge is 0.370 e. The van der Waals surface area contributed by atoms with Gasteiger partial charge in [0.2, 0.25) is 10.0 Å². The van der Waals surface area contributed by atoms with Gasteiger partial charge < -0.3 is 11.1 Å². The lowest BCUT2D eigenvalue weighted by Crippen LogP contribution is -2.33. The highest BCUT2D eigenvalue weighted by molar-refractivity contribution is 14.0. The number of hydrogen-bond donors (Lipinski definition) is 3. The predicted molar refractivity (Wildman–Crippen MR) is 97.5 cm³/mol. The minimum atomic E-state index is -3.11. The summed E-state index contributed by atoms with van der Waals surface area (Å²) in [7, 11) is -3.11. The molecule has 0 aromatic heterocycles. The van der Waals surface area contributed by atoms with Crippen molar-refractivity contribution >= 4 is 40.0 Å². The molecule has 0 amide bonds. The third-order valence-corrected chi connectivity index (χ3v) is 3.27. The van der Waals surface area contributed by atoms with Crippen LogP contribution in [0.5, 0.6) is 0 Å². The topological polar surface area (TPSA) is 96.6 Å². The van der Waals surface area contributed by atoms with E-state index < -0.39 is 10.0 Å². The summed E-state index contributed by atoms with van der Waals surface area (Å²) in [5.74, 6) is 0.389. The van der Waals surface area contributed by atoms with Crippen LogP contribution in [-0.2, 0) is 16.4 Å². The molecule has 21 heavy (non-hydrogen) atoms. The Bertz CT molecular complexity index is 520. The van der Waals surface area contributed by atoms with E-state index in [0.29, 0.717) is 25.5 Å². The first kappa shape index (κ1) is 20.1. The second-order valence-electron chi connectivity index (χ2n) is 4.45. The molecule has 0 fully saturated rings. The van der Waals surface area contributed by atoms with Gasteiger partial charge in [-0.3, -0.25) is 4.99 Å². The van der Waals surface area contributed by atoms with Gasteiger partial charge in [0.15, 0.2) is 5.96 Å². The van der Waals surface area contributed by atoms with Gasteiger partial charge in [-0.2, -0.15) is 0 Å². The summed E-state index contributed by atoms with van der Waals surface area (Å²) >= 11 is 0. The molecule has 0 saturated heterocycles. The molecule has 1 aromatic rings. The Morgan fingerprint density at radius 2 is 1.90 bits per heavy atom. The number of nitrogens with two attached hydrogens (primary N) is 1. The van der Waals surface area contributed by atoms with Crippen LogP contribution in [0.1, 0.15) is 12.0 Å². The van der Waals surface area contributed by atoms with Crippen LogP contribution in [-0.4, -0.2) is 40.3 Å². The maximum atomic E-state index is 10.8. The van der Waals surface area contributed by atoms with Crippen molar-refractivity contribution in [2.24, 2.45) is 10.7 Å². The summed E-state index contributed by atoms with van der Waals surface area (Å²) in [5, 5.41) is 3.03. The van der Waals surface area contributed by atoms with Gasteiger partial charge in [-0.1, -0.05) is 30.3 Å². The zero-order chi connectivity index (χ0) is 14.8. The SMILES string of the molecule is CS(=O)(=O)NCCCN=C(N)NCCc1ccccc1.I. The molecule has 0 heterocycles. The lowest BCUT2D eigenvalue weighted by atomic mass is 10.1. The minimum Gasteiger partial charge on any atom is -0.370 e. The summed E-state index contributed by atoms with van der Waals surface area (Å²) < 4.78 is 24.0. The van der Waals surface area contributed by atoms with E-state index in [-0.39, 0.29) is 24.0 Å². The fourth-order valence-electron chi connectivity index (χ4n) is 1.57. The van der Waals surface area contributed by atoms with Crippen molar-refractivity contribution in [1.82, 2.24) is 10.0 Å². The molecule has 0 bridgehead atoms. The van der Waals surface area contributed by atoms with Crippen molar-refractivity contribution in [3.63, 3.8) is 0 Å². The molecule has 0 aliphatic carbocycles. The average molecular weight is 426 g/mol. The second-order valence-corrected chi connectivity index (χ2v) is 6.28. The van der Waals surface area contributed by atoms with Crippen LogP contribution < -0.4 is 15.8 Å². The number of aliphatic imine (C=N–C) groups is 1. The minimum absolute atomic E-state index is 0. The number of nitrogens with one attached hydrogen (secondary N) is 2. The van der Waals surface area contributed by atoms with Crippen LogP contribution in [0.2, 0.25) is 0 Å². The van der Waals surface area contributed by atoms with Crippen LogP contribution in [0.15, 0.2) is 35.3 Å². The lowest BCUT2D eigenvalue weighted by Gasteiger charge is -2.06. The number of guanidine groups is 1. The van der Waals surface area contributed by atoms with Gasteiger partial charge in [0.1, 0.15) is 0 Å². The van der Waals surface area contributed by atoms with E-state index in [1.165, 1.54) is 5.56 Å². The Morgan fingerprint density at radius 3 is 2.52 bits per heavy atom. The average Bonchev–Trinajstić information content (AvgIpc) is 2.38. The van der Waals surface area contributed by atoms with Crippen molar-refractivity contribution in [1.29, 1.82) is 0 Å². The normalized spacial score (nSPS) is 11.8. The standard InChI is InChI=1S/C13H22N4O2S.HI/c1-20(18,19)17-10-5-9-15-13(14)16-11-8-12-6-3-2-4-7-12;/h2-4,6-7,17H,5,8-11H2,1H3,(H3,14,15,16);1H. The van der Waals surface area contributed by atoms with Crippen molar-refractivity contribution in [3.8, 4) is 0 Å². The highest BCUT2D eigenvalue weighted by Crippen LogP contribution is 1.97. The maximum absolute atomic E-state index is 10.8. The van der Waals surface area contributed by atoms with E-state index in [1.807, 2.05) is 18.2 Å². The van der Waals surface area contributed by atoms with E-state index in [1.54, 1.807) is 0 Å². The third-order valence-electron chi connectivity index (χ3n) is 2.54. The summed E-state index contributed by atoms with van der Waals surface area (Å²) in [6, 6.07) is 10.1. The van der Waals surface area contributed by atoms with E-state index in [4.69, 9.17) is 5.73 Å². The van der Waals surface area contributed by atoms with Gasteiger partial charge in [0, 0.05) is 19.6 Å². The van der Waals surface area contributed by atoms with Gasteiger partial charge in [0.25, 0.3) is 0 Å². The molecule has 0 atom stereocenters. The molecule has 6 nitrogen and oxygen atoms in total. The highest BCUT2D eigenvalue weighted by Gasteiger charge is 1.98. The molecule has 0 unspecified atom stereocenters. The van der Waals surface area contributed by atoms with E-state index in [9.17, 15) is 8.42 Å². The molecular weight excluding hydrogens is 403 g/mol. The Balaban J connectivity index is 0.00000400. The fraction of sp³-hybridized carbons (Fsp3) is 0.462. The molecule has 1 aromatic carbocycles. The summed E-state index contributed by atoms with van der Waals surface area (Å²) in [6.45, 7) is 1.59. The van der Waals surface area contributed by atoms with Crippen LogP contribution in [0.25, 0.3) is 0 Å². The van der Waals surface area contributed by atoms with Gasteiger partial charge in [-0.15, -0.1) is 24.0 Å². The molecule has 0 aliphatic heterocycles. The number of sulfonamides is 1. The Labute approximate surface area is 143 Å². The third kappa shape index (κ3) is 11.5. The lowest BCUT2D eigenvalue weighted by molar-refractivity contribution is 0.586. The second kappa shape index (κ2) is 10.8. The Morgan fingerprint density at radius 1 is 1.24 bits per heavy atom. The first-order chi connectivity index (χ1) is 9.47. The van der Waals surface area contributed by atoms with E-state index in [2.05, 4.69) is 27.2 Å². The van der Waals surface area contributed by atoms with Crippen LogP contribution in [0.3, 0.4) is 0 Å². The Hall–Kier alpha value is -0.870. The molecule has 0 spiro atoms. The summed E-state index contributed by atoms with van der Waals surface area (Å²) in [4.78, 5) is 4.12. The smallest absolute Gasteiger partial charge is 0.208 e. The summed E-state index contributed by atoms with van der Waals surface area (Å²) in [6.07, 6.45) is 2.64. The van der Waals surface area contributed by atoms with E-state index >= 15 is 0 Å². The molecule has 0 radical (unpaired) electrons. The number of nitrogens with zero attached hydrogens (tertiary/aromatic N) is 1. The molecular formula is C13H23IN4O2S. The van der Waals surface area contributed by atoms with Crippen LogP contribution in [0, 0.1) is 0 Å². The highest BCUT2D eigenvalue weighted by atomic mass is 127. The first-order valence-corrected chi connectivity index (χ1v) is 8.39. The quantitative estimate of drug-likeness (QED) is 0.247. The zero-order valence-corrected chi connectivity index (χ0v) is 15.2. The van der Waals surface area contributed by atoms with Gasteiger partial charge in [-0.05, 0) is 18.4 Å². The van der Waals surface area contributed by atoms with Gasteiger partial charge >= 0.3 is 0 Å². The molecule has 120 valence electrons.